The average molecular weight is 285 g/mol. The lowest BCUT2D eigenvalue weighted by Crippen LogP contribution is -2.40. The van der Waals surface area contributed by atoms with E-state index in [4.69, 9.17) is 0 Å². The van der Waals surface area contributed by atoms with E-state index in [0.29, 0.717) is 6.42 Å². The molecule has 2 heterocycles. The zero-order valence-corrected chi connectivity index (χ0v) is 11.3. The van der Waals surface area contributed by atoms with Crippen LogP contribution in [0.25, 0.3) is 10.9 Å². The van der Waals surface area contributed by atoms with Gasteiger partial charge in [-0.3, -0.25) is 19.7 Å². The summed E-state index contributed by atoms with van der Waals surface area (Å²) in [6.45, 7) is 0. The van der Waals surface area contributed by atoms with Crippen molar-refractivity contribution in [3.05, 3.63) is 36.0 Å². The van der Waals surface area contributed by atoms with E-state index >= 15 is 0 Å². The van der Waals surface area contributed by atoms with Crippen molar-refractivity contribution in [3.8, 4) is 0 Å². The first-order valence-corrected chi connectivity index (χ1v) is 6.81. The number of aromatic amines is 1. The number of carbonyl (C=O) groups excluding carboxylic acids is 3. The molecule has 6 nitrogen and oxygen atoms in total. The van der Waals surface area contributed by atoms with Crippen LogP contribution in [-0.4, -0.2) is 28.7 Å². The summed E-state index contributed by atoms with van der Waals surface area (Å²) in [4.78, 5) is 37.5. The standard InChI is InChI=1S/C15H15N3O3/c19-13(17-12-7-14(20)18-15(12)21)6-5-9-8-16-11-4-2-1-3-10(9)11/h1-4,8,12,16H,5-7H2,(H,17,19)(H,18,20,21)/t12-/m0/s1. The number of aryl methyl sites for hydroxylation is 1. The summed E-state index contributed by atoms with van der Waals surface area (Å²) < 4.78 is 0. The number of hydrogen-bond acceptors (Lipinski definition) is 3. The van der Waals surface area contributed by atoms with Gasteiger partial charge in [-0.15, -0.1) is 0 Å². The van der Waals surface area contributed by atoms with Gasteiger partial charge in [0, 0.05) is 23.5 Å². The fraction of sp³-hybridized carbons (Fsp3) is 0.267. The molecular weight excluding hydrogens is 270 g/mol. The number of rotatable bonds is 4. The molecule has 1 aliphatic heterocycles. The molecule has 1 atom stereocenters. The first-order valence-electron chi connectivity index (χ1n) is 6.81. The number of amides is 3. The second-order valence-electron chi connectivity index (χ2n) is 5.10. The van der Waals surface area contributed by atoms with Crippen molar-refractivity contribution in [3.63, 3.8) is 0 Å². The van der Waals surface area contributed by atoms with Crippen LogP contribution in [0.2, 0.25) is 0 Å². The summed E-state index contributed by atoms with van der Waals surface area (Å²) in [5.41, 5.74) is 2.10. The minimum Gasteiger partial charge on any atom is -0.361 e. The summed E-state index contributed by atoms with van der Waals surface area (Å²) in [5.74, 6) is -1.00. The fourth-order valence-electron chi connectivity index (χ4n) is 2.52. The predicted molar refractivity (Wildman–Crippen MR) is 76.3 cm³/mol. The minimum atomic E-state index is -0.729. The van der Waals surface area contributed by atoms with E-state index in [2.05, 4.69) is 15.6 Å². The van der Waals surface area contributed by atoms with E-state index in [1.54, 1.807) is 0 Å². The summed E-state index contributed by atoms with van der Waals surface area (Å²) in [6.07, 6.45) is 2.78. The van der Waals surface area contributed by atoms with Gasteiger partial charge < -0.3 is 10.3 Å². The highest BCUT2D eigenvalue weighted by atomic mass is 16.2. The Morgan fingerprint density at radius 1 is 1.29 bits per heavy atom. The molecule has 21 heavy (non-hydrogen) atoms. The third kappa shape index (κ3) is 2.79. The number of hydrogen-bond donors (Lipinski definition) is 3. The molecule has 1 aromatic heterocycles. The Morgan fingerprint density at radius 3 is 2.86 bits per heavy atom. The van der Waals surface area contributed by atoms with E-state index in [1.807, 2.05) is 30.5 Å². The van der Waals surface area contributed by atoms with Crippen molar-refractivity contribution < 1.29 is 14.4 Å². The summed E-state index contributed by atoms with van der Waals surface area (Å²) >= 11 is 0. The third-order valence-electron chi connectivity index (χ3n) is 3.60. The van der Waals surface area contributed by atoms with Gasteiger partial charge in [0.25, 0.3) is 0 Å². The molecule has 0 aliphatic carbocycles. The molecule has 1 fully saturated rings. The van der Waals surface area contributed by atoms with E-state index in [-0.39, 0.29) is 24.7 Å². The third-order valence-corrected chi connectivity index (χ3v) is 3.60. The zero-order valence-electron chi connectivity index (χ0n) is 11.3. The molecule has 0 unspecified atom stereocenters. The van der Waals surface area contributed by atoms with Crippen LogP contribution in [0.4, 0.5) is 0 Å². The maximum absolute atomic E-state index is 11.9. The molecule has 3 N–H and O–H groups in total. The number of fused-ring (bicyclic) bond motifs is 1. The number of para-hydroxylation sites is 1. The monoisotopic (exact) mass is 285 g/mol. The number of H-pyrrole nitrogens is 1. The number of aromatic nitrogens is 1. The Hall–Kier alpha value is -2.63. The Morgan fingerprint density at radius 2 is 2.10 bits per heavy atom. The molecule has 1 aromatic carbocycles. The molecule has 6 heteroatoms. The van der Waals surface area contributed by atoms with Gasteiger partial charge in [0.05, 0.1) is 6.42 Å². The number of carbonyl (C=O) groups is 3. The number of benzene rings is 1. The summed E-state index contributed by atoms with van der Waals surface area (Å²) in [7, 11) is 0. The van der Waals surface area contributed by atoms with Crippen molar-refractivity contribution in [1.82, 2.24) is 15.6 Å². The van der Waals surface area contributed by atoms with Crippen molar-refractivity contribution in [2.24, 2.45) is 0 Å². The Labute approximate surface area is 120 Å². The lowest BCUT2D eigenvalue weighted by atomic mass is 10.1. The predicted octanol–water partition coefficient (Wildman–Crippen LogP) is 0.632. The van der Waals surface area contributed by atoms with E-state index in [0.717, 1.165) is 16.5 Å². The number of imide groups is 1. The quantitative estimate of drug-likeness (QED) is 0.720. The molecule has 1 saturated heterocycles. The van der Waals surface area contributed by atoms with Gasteiger partial charge in [0.1, 0.15) is 6.04 Å². The maximum atomic E-state index is 11.9. The average Bonchev–Trinajstić information content (AvgIpc) is 3.00. The van der Waals surface area contributed by atoms with Crippen molar-refractivity contribution >= 4 is 28.6 Å². The van der Waals surface area contributed by atoms with Crippen LogP contribution in [0.15, 0.2) is 30.5 Å². The molecule has 0 saturated carbocycles. The second kappa shape index (κ2) is 5.40. The van der Waals surface area contributed by atoms with Gasteiger partial charge in [0.15, 0.2) is 0 Å². The number of nitrogens with one attached hydrogen (secondary N) is 3. The molecule has 3 amide bonds. The molecule has 3 rings (SSSR count). The van der Waals surface area contributed by atoms with Crippen LogP contribution in [0.1, 0.15) is 18.4 Å². The van der Waals surface area contributed by atoms with E-state index < -0.39 is 11.9 Å². The largest absolute Gasteiger partial charge is 0.361 e. The molecule has 0 radical (unpaired) electrons. The molecular formula is C15H15N3O3. The zero-order chi connectivity index (χ0) is 14.8. The SMILES string of the molecule is O=C1C[C@H](NC(=O)CCc2c[nH]c3ccccc23)C(=O)N1. The maximum Gasteiger partial charge on any atom is 0.249 e. The normalized spacial score (nSPS) is 18.0. The smallest absolute Gasteiger partial charge is 0.249 e. The fourth-order valence-corrected chi connectivity index (χ4v) is 2.52. The van der Waals surface area contributed by atoms with Crippen LogP contribution in [-0.2, 0) is 20.8 Å². The van der Waals surface area contributed by atoms with Gasteiger partial charge in [0.2, 0.25) is 17.7 Å². The topological polar surface area (TPSA) is 91.1 Å². The van der Waals surface area contributed by atoms with Crippen LogP contribution < -0.4 is 10.6 Å². The molecule has 0 bridgehead atoms. The van der Waals surface area contributed by atoms with Crippen molar-refractivity contribution in [1.29, 1.82) is 0 Å². The highest BCUT2D eigenvalue weighted by Crippen LogP contribution is 2.18. The molecule has 108 valence electrons. The Balaban J connectivity index is 1.59. The first-order chi connectivity index (χ1) is 10.1. The van der Waals surface area contributed by atoms with Gasteiger partial charge in [-0.2, -0.15) is 0 Å². The highest BCUT2D eigenvalue weighted by molar-refractivity contribution is 6.06. The van der Waals surface area contributed by atoms with Gasteiger partial charge >= 0.3 is 0 Å². The van der Waals surface area contributed by atoms with Crippen LogP contribution in [0.5, 0.6) is 0 Å². The van der Waals surface area contributed by atoms with E-state index in [1.165, 1.54) is 0 Å². The molecule has 1 aliphatic rings. The van der Waals surface area contributed by atoms with Gasteiger partial charge in [-0.05, 0) is 18.1 Å². The van der Waals surface area contributed by atoms with Crippen molar-refractivity contribution in [2.75, 3.05) is 0 Å². The highest BCUT2D eigenvalue weighted by Gasteiger charge is 2.31. The van der Waals surface area contributed by atoms with Crippen molar-refractivity contribution in [2.45, 2.75) is 25.3 Å². The van der Waals surface area contributed by atoms with Gasteiger partial charge in [-0.1, -0.05) is 18.2 Å². The minimum absolute atomic E-state index is 0.0255. The molecule has 0 spiro atoms. The van der Waals surface area contributed by atoms with E-state index in [9.17, 15) is 14.4 Å². The van der Waals surface area contributed by atoms with Gasteiger partial charge in [-0.25, -0.2) is 0 Å². The lowest BCUT2D eigenvalue weighted by Gasteiger charge is -2.08. The first kappa shape index (κ1) is 13.4. The Kier molecular flexibility index (Phi) is 3.43. The van der Waals surface area contributed by atoms with Crippen LogP contribution in [0.3, 0.4) is 0 Å². The lowest BCUT2D eigenvalue weighted by molar-refractivity contribution is -0.128. The summed E-state index contributed by atoms with van der Waals surface area (Å²) in [6, 6.07) is 7.15. The second-order valence-corrected chi connectivity index (χ2v) is 5.10. The summed E-state index contributed by atoms with van der Waals surface area (Å²) in [5, 5.41) is 5.85. The molecule has 2 aromatic rings. The van der Waals surface area contributed by atoms with Crippen LogP contribution >= 0.6 is 0 Å². The van der Waals surface area contributed by atoms with Crippen LogP contribution in [0, 0.1) is 0 Å². The Bertz CT molecular complexity index is 720.